The van der Waals surface area contributed by atoms with Gasteiger partial charge in [0.25, 0.3) is 0 Å². The molecule has 0 fully saturated rings. The van der Waals surface area contributed by atoms with Crippen molar-refractivity contribution < 1.29 is 0 Å². The van der Waals surface area contributed by atoms with E-state index in [1.165, 1.54) is 11.1 Å². The second-order valence-corrected chi connectivity index (χ2v) is 5.20. The number of aryl methyl sites for hydroxylation is 1. The Bertz CT molecular complexity index is 703. The van der Waals surface area contributed by atoms with Gasteiger partial charge in [0.15, 0.2) is 11.5 Å². The van der Waals surface area contributed by atoms with Crippen molar-refractivity contribution in [2.75, 3.05) is 0 Å². The smallest absolute Gasteiger partial charge is 0.156 e. The SMILES string of the molecule is Cc1ccccc1Cc1nc2ccc(Br)cn2n1. The van der Waals surface area contributed by atoms with Crippen LogP contribution in [0.2, 0.25) is 0 Å². The van der Waals surface area contributed by atoms with Crippen LogP contribution >= 0.6 is 15.9 Å². The van der Waals surface area contributed by atoms with Gasteiger partial charge in [-0.1, -0.05) is 24.3 Å². The van der Waals surface area contributed by atoms with Gasteiger partial charge in [-0.3, -0.25) is 0 Å². The molecule has 0 unspecified atom stereocenters. The minimum Gasteiger partial charge on any atom is -0.220 e. The Kier molecular flexibility index (Phi) is 2.88. The molecule has 0 amide bonds. The van der Waals surface area contributed by atoms with Crippen LogP contribution in [0.1, 0.15) is 17.0 Å². The minimum atomic E-state index is 0.770. The summed E-state index contributed by atoms with van der Waals surface area (Å²) in [5, 5.41) is 4.49. The third-order valence-electron chi connectivity index (χ3n) is 2.95. The molecule has 1 aromatic carbocycles. The number of fused-ring (bicyclic) bond motifs is 1. The maximum atomic E-state index is 4.52. The number of pyridine rings is 1. The van der Waals surface area contributed by atoms with Crippen LogP contribution in [0.5, 0.6) is 0 Å². The van der Waals surface area contributed by atoms with Crippen molar-refractivity contribution >= 4 is 21.6 Å². The van der Waals surface area contributed by atoms with Gasteiger partial charge in [0.1, 0.15) is 0 Å². The van der Waals surface area contributed by atoms with E-state index < -0.39 is 0 Å². The van der Waals surface area contributed by atoms with Crippen molar-refractivity contribution in [2.24, 2.45) is 0 Å². The van der Waals surface area contributed by atoms with E-state index in [9.17, 15) is 0 Å². The molecule has 0 aliphatic heterocycles. The highest BCUT2D eigenvalue weighted by atomic mass is 79.9. The average molecular weight is 302 g/mol. The van der Waals surface area contributed by atoms with Crippen LogP contribution in [0.4, 0.5) is 0 Å². The monoisotopic (exact) mass is 301 g/mol. The summed E-state index contributed by atoms with van der Waals surface area (Å²) in [5.41, 5.74) is 3.42. The van der Waals surface area contributed by atoms with E-state index >= 15 is 0 Å². The predicted octanol–water partition coefficient (Wildman–Crippen LogP) is 3.39. The lowest BCUT2D eigenvalue weighted by molar-refractivity contribution is 0.895. The molecule has 4 heteroatoms. The van der Waals surface area contributed by atoms with Gasteiger partial charge < -0.3 is 0 Å². The van der Waals surface area contributed by atoms with Gasteiger partial charge in [-0.25, -0.2) is 9.50 Å². The summed E-state index contributed by atoms with van der Waals surface area (Å²) in [6.07, 6.45) is 2.69. The first-order valence-electron chi connectivity index (χ1n) is 5.78. The zero-order chi connectivity index (χ0) is 12.5. The molecule has 18 heavy (non-hydrogen) atoms. The molecule has 0 aliphatic rings. The van der Waals surface area contributed by atoms with E-state index in [2.05, 4.69) is 51.1 Å². The van der Waals surface area contributed by atoms with E-state index in [4.69, 9.17) is 0 Å². The zero-order valence-corrected chi connectivity index (χ0v) is 11.6. The highest BCUT2D eigenvalue weighted by Gasteiger charge is 2.06. The molecule has 0 saturated carbocycles. The highest BCUT2D eigenvalue weighted by Crippen LogP contribution is 2.14. The Balaban J connectivity index is 1.98. The molecule has 0 atom stereocenters. The fourth-order valence-electron chi connectivity index (χ4n) is 1.96. The minimum absolute atomic E-state index is 0.770. The molecule has 0 radical (unpaired) electrons. The molecule has 2 aromatic heterocycles. The van der Waals surface area contributed by atoms with Gasteiger partial charge in [-0.2, -0.15) is 5.10 Å². The number of nitrogens with zero attached hydrogens (tertiary/aromatic N) is 3. The van der Waals surface area contributed by atoms with E-state index in [1.54, 1.807) is 4.52 Å². The number of aromatic nitrogens is 3. The lowest BCUT2D eigenvalue weighted by Crippen LogP contribution is -1.94. The summed E-state index contributed by atoms with van der Waals surface area (Å²) >= 11 is 3.43. The Morgan fingerprint density at radius 2 is 2.00 bits per heavy atom. The Hall–Kier alpha value is -1.68. The number of hydrogen-bond donors (Lipinski definition) is 0. The summed E-state index contributed by atoms with van der Waals surface area (Å²) in [7, 11) is 0. The molecule has 3 aromatic rings. The number of benzene rings is 1. The number of rotatable bonds is 2. The lowest BCUT2D eigenvalue weighted by Gasteiger charge is -2.01. The highest BCUT2D eigenvalue weighted by molar-refractivity contribution is 9.10. The van der Waals surface area contributed by atoms with Crippen molar-refractivity contribution in [1.82, 2.24) is 14.6 Å². The molecule has 3 rings (SSSR count). The third-order valence-corrected chi connectivity index (χ3v) is 3.42. The van der Waals surface area contributed by atoms with Crippen LogP contribution in [-0.4, -0.2) is 14.6 Å². The van der Waals surface area contributed by atoms with Crippen LogP contribution in [0.3, 0.4) is 0 Å². The lowest BCUT2D eigenvalue weighted by atomic mass is 10.1. The van der Waals surface area contributed by atoms with E-state index in [0.29, 0.717) is 0 Å². The second-order valence-electron chi connectivity index (χ2n) is 4.28. The molecular formula is C14H12BrN3. The van der Waals surface area contributed by atoms with E-state index in [0.717, 1.165) is 22.4 Å². The van der Waals surface area contributed by atoms with Gasteiger partial charge >= 0.3 is 0 Å². The Labute approximate surface area is 114 Å². The maximum absolute atomic E-state index is 4.52. The van der Waals surface area contributed by atoms with Gasteiger partial charge in [-0.15, -0.1) is 0 Å². The largest absolute Gasteiger partial charge is 0.220 e. The van der Waals surface area contributed by atoms with Crippen LogP contribution in [-0.2, 0) is 6.42 Å². The van der Waals surface area contributed by atoms with Crippen LogP contribution < -0.4 is 0 Å². The van der Waals surface area contributed by atoms with Gasteiger partial charge in [0.2, 0.25) is 0 Å². The summed E-state index contributed by atoms with van der Waals surface area (Å²) in [6.45, 7) is 2.11. The normalized spacial score (nSPS) is 11.0. The summed E-state index contributed by atoms with van der Waals surface area (Å²) in [6, 6.07) is 12.3. The summed E-state index contributed by atoms with van der Waals surface area (Å²) in [4.78, 5) is 4.52. The molecular weight excluding hydrogens is 290 g/mol. The van der Waals surface area contributed by atoms with Crippen molar-refractivity contribution in [3.63, 3.8) is 0 Å². The molecule has 0 aliphatic carbocycles. The quantitative estimate of drug-likeness (QED) is 0.726. The number of halogens is 1. The van der Waals surface area contributed by atoms with Gasteiger partial charge in [0.05, 0.1) is 0 Å². The average Bonchev–Trinajstić information content (AvgIpc) is 2.73. The maximum Gasteiger partial charge on any atom is 0.156 e. The Morgan fingerprint density at radius 3 is 2.83 bits per heavy atom. The van der Waals surface area contributed by atoms with Crippen molar-refractivity contribution in [3.05, 3.63) is 64.0 Å². The Morgan fingerprint density at radius 1 is 1.17 bits per heavy atom. The predicted molar refractivity (Wildman–Crippen MR) is 74.7 cm³/mol. The number of hydrogen-bond acceptors (Lipinski definition) is 2. The molecule has 3 nitrogen and oxygen atoms in total. The second kappa shape index (κ2) is 4.53. The molecule has 0 saturated heterocycles. The van der Waals surface area contributed by atoms with Crippen LogP contribution in [0.25, 0.3) is 5.65 Å². The summed E-state index contributed by atoms with van der Waals surface area (Å²) < 4.78 is 2.81. The standard InChI is InChI=1S/C14H12BrN3/c1-10-4-2-3-5-11(10)8-13-16-14-7-6-12(15)9-18(14)17-13/h2-7,9H,8H2,1H3. The first-order chi connectivity index (χ1) is 8.72. The zero-order valence-electron chi connectivity index (χ0n) is 9.97. The van der Waals surface area contributed by atoms with Crippen molar-refractivity contribution in [2.45, 2.75) is 13.3 Å². The molecule has 0 bridgehead atoms. The fraction of sp³-hybridized carbons (Fsp3) is 0.143. The first kappa shape index (κ1) is 11.4. The molecule has 2 heterocycles. The van der Waals surface area contributed by atoms with E-state index in [1.807, 2.05) is 24.4 Å². The van der Waals surface area contributed by atoms with Crippen LogP contribution in [0.15, 0.2) is 47.1 Å². The third kappa shape index (κ3) is 2.16. The fourth-order valence-corrected chi connectivity index (χ4v) is 2.28. The van der Waals surface area contributed by atoms with E-state index in [-0.39, 0.29) is 0 Å². The van der Waals surface area contributed by atoms with Gasteiger partial charge in [0, 0.05) is 17.1 Å². The summed E-state index contributed by atoms with van der Waals surface area (Å²) in [5.74, 6) is 0.849. The van der Waals surface area contributed by atoms with Gasteiger partial charge in [-0.05, 0) is 46.1 Å². The van der Waals surface area contributed by atoms with Crippen molar-refractivity contribution in [1.29, 1.82) is 0 Å². The van der Waals surface area contributed by atoms with Crippen molar-refractivity contribution in [3.8, 4) is 0 Å². The van der Waals surface area contributed by atoms with Crippen LogP contribution in [0, 0.1) is 6.92 Å². The first-order valence-corrected chi connectivity index (χ1v) is 6.57. The molecule has 0 N–H and O–H groups in total. The molecule has 90 valence electrons. The molecule has 0 spiro atoms. The topological polar surface area (TPSA) is 30.2 Å².